The minimum atomic E-state index is -0.482. The van der Waals surface area contributed by atoms with Crippen molar-refractivity contribution < 1.29 is 9.53 Å². The van der Waals surface area contributed by atoms with Crippen molar-refractivity contribution >= 4 is 16.9 Å². The standard InChI is InChI=1S/C17H18N4O3/c1-4-20-11(2)9-14(12(20)3)17(23)24-10-21-16(22)13-7-5-6-8-15(13)18-19-21/h5-9H,4,10H2,1-3H3. The quantitative estimate of drug-likeness (QED) is 0.686. The Hall–Kier alpha value is -2.96. The van der Waals surface area contributed by atoms with Gasteiger partial charge in [0.25, 0.3) is 5.56 Å². The van der Waals surface area contributed by atoms with Crippen molar-refractivity contribution in [1.82, 2.24) is 19.6 Å². The predicted molar refractivity (Wildman–Crippen MR) is 88.8 cm³/mol. The number of carbonyl (C=O) groups excluding carboxylic acids is 1. The highest BCUT2D eigenvalue weighted by atomic mass is 16.5. The molecule has 24 heavy (non-hydrogen) atoms. The van der Waals surface area contributed by atoms with Gasteiger partial charge >= 0.3 is 5.97 Å². The number of aryl methyl sites for hydroxylation is 1. The molecular formula is C17H18N4O3. The normalized spacial score (nSPS) is 11.0. The second-order valence-corrected chi connectivity index (χ2v) is 5.50. The number of rotatable bonds is 4. The van der Waals surface area contributed by atoms with Crippen molar-refractivity contribution in [2.75, 3.05) is 0 Å². The maximum absolute atomic E-state index is 12.3. The van der Waals surface area contributed by atoms with Crippen LogP contribution in [0.25, 0.3) is 10.9 Å². The molecule has 1 aromatic carbocycles. The van der Waals surface area contributed by atoms with Gasteiger partial charge in [-0.25, -0.2) is 4.79 Å². The molecule has 0 fully saturated rings. The largest absolute Gasteiger partial charge is 0.438 e. The zero-order valence-electron chi connectivity index (χ0n) is 13.8. The average Bonchev–Trinajstić information content (AvgIpc) is 2.88. The maximum Gasteiger partial charge on any atom is 0.341 e. The van der Waals surface area contributed by atoms with Crippen LogP contribution >= 0.6 is 0 Å². The molecule has 0 unspecified atom stereocenters. The molecule has 7 nitrogen and oxygen atoms in total. The van der Waals surface area contributed by atoms with Crippen LogP contribution in [-0.4, -0.2) is 25.5 Å². The van der Waals surface area contributed by atoms with Crippen molar-refractivity contribution in [2.24, 2.45) is 0 Å². The summed E-state index contributed by atoms with van der Waals surface area (Å²) in [5.41, 5.74) is 2.50. The van der Waals surface area contributed by atoms with E-state index in [1.807, 2.05) is 25.3 Å². The minimum absolute atomic E-state index is 0.273. The van der Waals surface area contributed by atoms with Gasteiger partial charge in [-0.15, -0.1) is 5.10 Å². The van der Waals surface area contributed by atoms with Crippen LogP contribution in [0.1, 0.15) is 28.7 Å². The highest BCUT2D eigenvalue weighted by Gasteiger charge is 2.17. The second-order valence-electron chi connectivity index (χ2n) is 5.50. The van der Waals surface area contributed by atoms with Gasteiger partial charge < -0.3 is 9.30 Å². The molecule has 2 aromatic heterocycles. The number of fused-ring (bicyclic) bond motifs is 1. The van der Waals surface area contributed by atoms with E-state index in [1.165, 1.54) is 0 Å². The molecule has 0 bridgehead atoms. The fourth-order valence-corrected chi connectivity index (χ4v) is 2.80. The lowest BCUT2D eigenvalue weighted by molar-refractivity contribution is 0.0335. The van der Waals surface area contributed by atoms with Crippen molar-refractivity contribution in [2.45, 2.75) is 34.0 Å². The first-order valence-electron chi connectivity index (χ1n) is 7.69. The highest BCUT2D eigenvalue weighted by molar-refractivity contribution is 5.91. The van der Waals surface area contributed by atoms with Gasteiger partial charge in [-0.3, -0.25) is 4.79 Å². The van der Waals surface area contributed by atoms with E-state index in [0.29, 0.717) is 16.5 Å². The Morgan fingerprint density at radius 3 is 2.71 bits per heavy atom. The van der Waals surface area contributed by atoms with E-state index in [1.54, 1.807) is 30.3 Å². The molecule has 0 saturated carbocycles. The summed E-state index contributed by atoms with van der Waals surface area (Å²) >= 11 is 0. The number of hydrogen-bond acceptors (Lipinski definition) is 5. The van der Waals surface area contributed by atoms with Crippen molar-refractivity contribution in [3.63, 3.8) is 0 Å². The SMILES string of the molecule is CCn1c(C)cc(C(=O)OCn2nnc3ccccc3c2=O)c1C. The Morgan fingerprint density at radius 2 is 2.00 bits per heavy atom. The smallest absolute Gasteiger partial charge is 0.341 e. The summed E-state index contributed by atoms with van der Waals surface area (Å²) in [5.74, 6) is -0.482. The molecule has 0 saturated heterocycles. The Kier molecular flexibility index (Phi) is 4.16. The number of esters is 1. The fourth-order valence-electron chi connectivity index (χ4n) is 2.80. The highest BCUT2D eigenvalue weighted by Crippen LogP contribution is 2.16. The van der Waals surface area contributed by atoms with E-state index in [2.05, 4.69) is 10.3 Å². The first-order chi connectivity index (χ1) is 11.5. The van der Waals surface area contributed by atoms with E-state index >= 15 is 0 Å². The molecule has 0 radical (unpaired) electrons. The molecule has 0 spiro atoms. The summed E-state index contributed by atoms with van der Waals surface area (Å²) in [6.07, 6.45) is 0. The summed E-state index contributed by atoms with van der Waals surface area (Å²) in [6, 6.07) is 8.70. The number of nitrogens with zero attached hydrogens (tertiary/aromatic N) is 4. The van der Waals surface area contributed by atoms with Crippen LogP contribution in [0.4, 0.5) is 0 Å². The third-order valence-electron chi connectivity index (χ3n) is 4.06. The molecular weight excluding hydrogens is 308 g/mol. The van der Waals surface area contributed by atoms with Crippen molar-refractivity contribution in [3.05, 3.63) is 57.6 Å². The number of ether oxygens (including phenoxy) is 1. The molecule has 0 N–H and O–H groups in total. The minimum Gasteiger partial charge on any atom is -0.438 e. The first kappa shape index (κ1) is 15.9. The Balaban J connectivity index is 1.82. The molecule has 0 aliphatic heterocycles. The lowest BCUT2D eigenvalue weighted by Crippen LogP contribution is -2.26. The van der Waals surface area contributed by atoms with E-state index < -0.39 is 5.97 Å². The van der Waals surface area contributed by atoms with Crippen LogP contribution in [0.5, 0.6) is 0 Å². The van der Waals surface area contributed by atoms with Gasteiger partial charge in [-0.2, -0.15) is 4.68 Å². The molecule has 124 valence electrons. The average molecular weight is 326 g/mol. The Morgan fingerprint density at radius 1 is 1.25 bits per heavy atom. The summed E-state index contributed by atoms with van der Waals surface area (Å²) < 4.78 is 8.31. The van der Waals surface area contributed by atoms with E-state index in [0.717, 1.165) is 22.6 Å². The second kappa shape index (κ2) is 6.27. The number of aromatic nitrogens is 4. The van der Waals surface area contributed by atoms with Crippen molar-refractivity contribution in [3.8, 4) is 0 Å². The van der Waals surface area contributed by atoms with Crippen LogP contribution in [0.3, 0.4) is 0 Å². The fraction of sp³-hybridized carbons (Fsp3) is 0.294. The van der Waals surface area contributed by atoms with Crippen LogP contribution in [0.15, 0.2) is 35.1 Å². The predicted octanol–water partition coefficient (Wildman–Crippen LogP) is 2.04. The Bertz CT molecular complexity index is 972. The molecule has 0 amide bonds. The van der Waals surface area contributed by atoms with E-state index in [9.17, 15) is 9.59 Å². The Labute approximate surface area is 138 Å². The van der Waals surface area contributed by atoms with Gasteiger partial charge in [0, 0.05) is 17.9 Å². The van der Waals surface area contributed by atoms with Gasteiger partial charge in [-0.05, 0) is 39.0 Å². The monoisotopic (exact) mass is 326 g/mol. The number of hydrogen-bond donors (Lipinski definition) is 0. The lowest BCUT2D eigenvalue weighted by atomic mass is 10.2. The van der Waals surface area contributed by atoms with Gasteiger partial charge in [0.2, 0.25) is 0 Å². The summed E-state index contributed by atoms with van der Waals surface area (Å²) in [5, 5.41) is 8.20. The zero-order valence-corrected chi connectivity index (χ0v) is 13.8. The maximum atomic E-state index is 12.3. The lowest BCUT2D eigenvalue weighted by Gasteiger charge is -2.07. The molecule has 3 rings (SSSR count). The van der Waals surface area contributed by atoms with Crippen LogP contribution in [0, 0.1) is 13.8 Å². The molecule has 0 atom stereocenters. The van der Waals surface area contributed by atoms with Gasteiger partial charge in [0.1, 0.15) is 5.52 Å². The third-order valence-corrected chi connectivity index (χ3v) is 4.06. The van der Waals surface area contributed by atoms with E-state index in [-0.39, 0.29) is 12.3 Å². The van der Waals surface area contributed by atoms with Crippen LogP contribution in [0.2, 0.25) is 0 Å². The summed E-state index contributed by atoms with van der Waals surface area (Å²) in [6.45, 7) is 6.33. The molecule has 0 aliphatic carbocycles. The molecule has 7 heteroatoms. The van der Waals surface area contributed by atoms with E-state index in [4.69, 9.17) is 4.74 Å². The first-order valence-corrected chi connectivity index (χ1v) is 7.69. The number of carbonyl (C=O) groups is 1. The molecule has 0 aliphatic rings. The van der Waals surface area contributed by atoms with Gasteiger partial charge in [-0.1, -0.05) is 17.3 Å². The third kappa shape index (κ3) is 2.68. The van der Waals surface area contributed by atoms with Crippen molar-refractivity contribution in [1.29, 1.82) is 0 Å². The summed E-state index contributed by atoms with van der Waals surface area (Å²) in [4.78, 5) is 24.6. The van der Waals surface area contributed by atoms with Gasteiger partial charge in [0.15, 0.2) is 6.73 Å². The number of benzene rings is 1. The topological polar surface area (TPSA) is 79.0 Å². The zero-order chi connectivity index (χ0) is 17.3. The molecule has 2 heterocycles. The van der Waals surface area contributed by atoms with Crippen LogP contribution in [-0.2, 0) is 18.0 Å². The molecule has 3 aromatic rings. The summed E-state index contributed by atoms with van der Waals surface area (Å²) in [7, 11) is 0. The van der Waals surface area contributed by atoms with Gasteiger partial charge in [0.05, 0.1) is 10.9 Å². The van der Waals surface area contributed by atoms with Crippen LogP contribution < -0.4 is 5.56 Å².